The molecule has 1 saturated carbocycles. The van der Waals surface area contributed by atoms with Gasteiger partial charge in [0.2, 0.25) is 5.91 Å². The number of aliphatic hydroxyl groups is 1. The summed E-state index contributed by atoms with van der Waals surface area (Å²) in [4.78, 5) is 24.1. The van der Waals surface area contributed by atoms with E-state index in [0.29, 0.717) is 23.2 Å². The van der Waals surface area contributed by atoms with Gasteiger partial charge in [0.15, 0.2) is 0 Å². The van der Waals surface area contributed by atoms with Gasteiger partial charge in [-0.15, -0.1) is 0 Å². The Balaban J connectivity index is 0.000000837. The van der Waals surface area contributed by atoms with Crippen molar-refractivity contribution in [2.24, 2.45) is 0 Å². The molecule has 0 atom stereocenters. The fourth-order valence-corrected chi connectivity index (χ4v) is 3.43. The lowest BCUT2D eigenvalue weighted by molar-refractivity contribution is -0.121. The van der Waals surface area contributed by atoms with E-state index >= 15 is 0 Å². The summed E-state index contributed by atoms with van der Waals surface area (Å²) >= 11 is 5.83. The number of ether oxygens (including phenoxy) is 1. The van der Waals surface area contributed by atoms with Crippen molar-refractivity contribution in [1.82, 2.24) is 5.32 Å². The second-order valence-electron chi connectivity index (χ2n) is 7.38. The molecule has 0 unspecified atom stereocenters. The molecule has 0 saturated heterocycles. The lowest BCUT2D eigenvalue weighted by atomic mass is 9.95. The highest BCUT2D eigenvalue weighted by atomic mass is 35.5. The van der Waals surface area contributed by atoms with Crippen LogP contribution in [0.5, 0.6) is 0 Å². The third-order valence-corrected chi connectivity index (χ3v) is 5.07. The van der Waals surface area contributed by atoms with Gasteiger partial charge in [0, 0.05) is 16.8 Å². The molecule has 3 rings (SSSR count). The zero-order valence-electron chi connectivity index (χ0n) is 17.5. The zero-order chi connectivity index (χ0) is 23.3. The van der Waals surface area contributed by atoms with E-state index in [4.69, 9.17) is 21.4 Å². The molecule has 3 N–H and O–H groups in total. The Morgan fingerprint density at radius 1 is 1.00 bits per heavy atom. The number of carbonyl (C=O) groups is 2. The minimum Gasteiger partial charge on any atom is -0.444 e. The molecule has 32 heavy (non-hydrogen) atoms. The Labute approximate surface area is 190 Å². The normalized spacial score (nSPS) is 13.7. The number of benzene rings is 2. The summed E-state index contributed by atoms with van der Waals surface area (Å²) in [6, 6.07) is 14.7. The van der Waals surface area contributed by atoms with Crippen LogP contribution in [-0.2, 0) is 22.6 Å². The van der Waals surface area contributed by atoms with Crippen molar-refractivity contribution in [3.63, 3.8) is 0 Å². The van der Waals surface area contributed by atoms with Gasteiger partial charge in [0.05, 0.1) is 6.42 Å². The molecule has 2 aromatic carbocycles. The second kappa shape index (κ2) is 13.6. The second-order valence-corrected chi connectivity index (χ2v) is 7.82. The van der Waals surface area contributed by atoms with Gasteiger partial charge in [-0.1, -0.05) is 55.1 Å². The Bertz CT molecular complexity index is 839. The quantitative estimate of drug-likeness (QED) is 0.538. The van der Waals surface area contributed by atoms with Crippen LogP contribution in [0.1, 0.15) is 43.2 Å². The third-order valence-electron chi connectivity index (χ3n) is 4.82. The lowest BCUT2D eigenvalue weighted by Gasteiger charge is -2.22. The first kappa shape index (κ1) is 25.5. The Morgan fingerprint density at radius 2 is 1.56 bits per heavy atom. The first-order chi connectivity index (χ1) is 15.3. The fourth-order valence-electron chi connectivity index (χ4n) is 3.30. The van der Waals surface area contributed by atoms with Gasteiger partial charge in [-0.2, -0.15) is 8.78 Å². The van der Waals surface area contributed by atoms with E-state index < -0.39 is 12.7 Å². The highest BCUT2D eigenvalue weighted by Gasteiger charge is 2.15. The van der Waals surface area contributed by atoms with E-state index in [-0.39, 0.29) is 12.5 Å². The van der Waals surface area contributed by atoms with Crippen molar-refractivity contribution in [3.05, 3.63) is 64.7 Å². The highest BCUT2D eigenvalue weighted by Crippen LogP contribution is 2.18. The maximum Gasteiger partial charge on any atom is 0.411 e. The van der Waals surface area contributed by atoms with Gasteiger partial charge in [-0.3, -0.25) is 10.1 Å². The molecule has 9 heteroatoms. The number of rotatable bonds is 6. The summed E-state index contributed by atoms with van der Waals surface area (Å²) in [5.74, 6) is 0.0509. The number of hydrogen-bond donors (Lipinski definition) is 3. The largest absolute Gasteiger partial charge is 0.444 e. The minimum absolute atomic E-state index is 0.0509. The van der Waals surface area contributed by atoms with Crippen molar-refractivity contribution in [3.8, 4) is 0 Å². The van der Waals surface area contributed by atoms with Gasteiger partial charge in [-0.25, -0.2) is 4.79 Å². The van der Waals surface area contributed by atoms with Crippen LogP contribution in [0.15, 0.2) is 48.5 Å². The summed E-state index contributed by atoms with van der Waals surface area (Å²) < 4.78 is 25.0. The van der Waals surface area contributed by atoms with Crippen LogP contribution in [-0.4, -0.2) is 29.8 Å². The van der Waals surface area contributed by atoms with Crippen LogP contribution in [0.25, 0.3) is 0 Å². The molecule has 0 spiro atoms. The van der Waals surface area contributed by atoms with Gasteiger partial charge in [-0.05, 0) is 48.2 Å². The number of aliphatic hydroxyl groups excluding tert-OH is 1. The molecule has 1 fully saturated rings. The molecule has 0 aliphatic heterocycles. The van der Waals surface area contributed by atoms with E-state index in [9.17, 15) is 18.4 Å². The molecular weight excluding hydrogens is 442 g/mol. The smallest absolute Gasteiger partial charge is 0.411 e. The number of anilines is 1. The molecule has 0 aromatic heterocycles. The van der Waals surface area contributed by atoms with Gasteiger partial charge < -0.3 is 15.2 Å². The van der Waals surface area contributed by atoms with Crippen molar-refractivity contribution < 1.29 is 28.2 Å². The average molecular weight is 469 g/mol. The van der Waals surface area contributed by atoms with Crippen LogP contribution >= 0.6 is 11.6 Å². The monoisotopic (exact) mass is 468 g/mol. The predicted octanol–water partition coefficient (Wildman–Crippen LogP) is 5.28. The van der Waals surface area contributed by atoms with Crippen molar-refractivity contribution >= 4 is 29.3 Å². The van der Waals surface area contributed by atoms with Crippen molar-refractivity contribution in [1.29, 1.82) is 0 Å². The molecule has 1 aliphatic carbocycles. The maximum absolute atomic E-state index is 12.2. The lowest BCUT2D eigenvalue weighted by Crippen LogP contribution is -2.37. The Hall–Kier alpha value is -2.71. The van der Waals surface area contributed by atoms with Gasteiger partial charge in [0.25, 0.3) is 0 Å². The van der Waals surface area contributed by atoms with E-state index in [1.54, 1.807) is 24.3 Å². The molecule has 0 radical (unpaired) electrons. The highest BCUT2D eigenvalue weighted by molar-refractivity contribution is 6.30. The average Bonchev–Trinajstić information content (AvgIpc) is 2.75. The van der Waals surface area contributed by atoms with E-state index in [0.717, 1.165) is 24.0 Å². The number of halogens is 3. The predicted molar refractivity (Wildman–Crippen MR) is 119 cm³/mol. The van der Waals surface area contributed by atoms with E-state index in [1.165, 1.54) is 19.3 Å². The van der Waals surface area contributed by atoms with E-state index in [2.05, 4.69) is 10.6 Å². The van der Waals surface area contributed by atoms with Crippen LogP contribution in [0.4, 0.5) is 19.3 Å². The molecule has 0 bridgehead atoms. The summed E-state index contributed by atoms with van der Waals surface area (Å²) in [5, 5.41) is 13.2. The van der Waals surface area contributed by atoms with Crippen LogP contribution in [0.3, 0.4) is 0 Å². The molecule has 0 heterocycles. The molecule has 6 nitrogen and oxygen atoms in total. The number of alkyl halides is 2. The summed E-state index contributed by atoms with van der Waals surface area (Å²) in [7, 11) is 0. The molecule has 2 amide bonds. The molecule has 174 valence electrons. The topological polar surface area (TPSA) is 87.7 Å². The van der Waals surface area contributed by atoms with E-state index in [1.807, 2.05) is 24.3 Å². The summed E-state index contributed by atoms with van der Waals surface area (Å²) in [6.07, 6.45) is 5.62. The Morgan fingerprint density at radius 3 is 2.16 bits per heavy atom. The van der Waals surface area contributed by atoms with Crippen LogP contribution in [0.2, 0.25) is 5.02 Å². The maximum atomic E-state index is 12.2. The molecule has 2 aromatic rings. The van der Waals surface area contributed by atoms with Crippen molar-refractivity contribution in [2.75, 3.05) is 5.32 Å². The first-order valence-corrected chi connectivity index (χ1v) is 10.7. The van der Waals surface area contributed by atoms with Crippen LogP contribution < -0.4 is 10.6 Å². The van der Waals surface area contributed by atoms with Crippen LogP contribution in [0, 0.1) is 0 Å². The summed E-state index contributed by atoms with van der Waals surface area (Å²) in [6.45, 7) is -3.00. The summed E-state index contributed by atoms with van der Waals surface area (Å²) in [5.41, 5.74) is 2.39. The first-order valence-electron chi connectivity index (χ1n) is 10.3. The fraction of sp³-hybridized carbons (Fsp3) is 0.391. The van der Waals surface area contributed by atoms with Crippen molar-refractivity contribution in [2.45, 2.75) is 57.8 Å². The number of nitrogens with one attached hydrogen (secondary N) is 2. The standard InChI is InChI=1S/C22H25ClN2O3.CH2F2O/c23-18-10-6-17(7-11-18)15-28-22(27)25-20-12-8-16(9-13-20)14-21(26)24-19-4-2-1-3-5-19;2-1(3)4/h6-13,19H,1-5,14-15H2,(H,24,26)(H,25,27);1,4H. The van der Waals surface area contributed by atoms with Gasteiger partial charge >= 0.3 is 12.7 Å². The number of amides is 2. The zero-order valence-corrected chi connectivity index (χ0v) is 18.3. The number of hydrogen-bond acceptors (Lipinski definition) is 4. The van der Waals surface area contributed by atoms with Gasteiger partial charge in [0.1, 0.15) is 6.61 Å². The minimum atomic E-state index is -3.17. The SMILES string of the molecule is O=C(Cc1ccc(NC(=O)OCc2ccc(Cl)cc2)cc1)NC1CCCCC1.OC(F)F. The Kier molecular flexibility index (Phi) is 10.9. The third kappa shape index (κ3) is 10.5. The number of carbonyl (C=O) groups excluding carboxylic acids is 2. The molecular formula is C23H27ClF2N2O4. The molecule has 1 aliphatic rings.